The molecule has 8 nitrogen and oxygen atoms in total. The first-order valence-electron chi connectivity index (χ1n) is 6.66. The van der Waals surface area contributed by atoms with Gasteiger partial charge < -0.3 is 10.2 Å². The van der Waals surface area contributed by atoms with Crippen molar-refractivity contribution in [1.82, 2.24) is 10.9 Å². The first kappa shape index (κ1) is 16.7. The van der Waals surface area contributed by atoms with E-state index in [2.05, 4.69) is 10.9 Å². The third-order valence-electron chi connectivity index (χ3n) is 3.08. The third kappa shape index (κ3) is 3.95. The van der Waals surface area contributed by atoms with E-state index in [-0.39, 0.29) is 22.3 Å². The van der Waals surface area contributed by atoms with E-state index in [1.807, 2.05) is 0 Å². The zero-order valence-corrected chi connectivity index (χ0v) is 12.1. The van der Waals surface area contributed by atoms with E-state index in [1.165, 1.54) is 48.5 Å². The summed E-state index contributed by atoms with van der Waals surface area (Å²) in [6.45, 7) is 0. The fourth-order valence-electron chi connectivity index (χ4n) is 1.79. The molecule has 8 heteroatoms. The van der Waals surface area contributed by atoms with E-state index >= 15 is 0 Å². The fourth-order valence-corrected chi connectivity index (χ4v) is 1.79. The Morgan fingerprint density at radius 1 is 0.542 bits per heavy atom. The Balaban J connectivity index is 1.96. The Kier molecular flexibility index (Phi) is 4.90. The molecular weight excluding hydrogens is 316 g/mol. The van der Waals surface area contributed by atoms with Crippen molar-refractivity contribution >= 4 is 23.8 Å². The molecule has 0 fully saturated rings. The zero-order valence-electron chi connectivity index (χ0n) is 12.1. The number of carbonyl (C=O) groups excluding carboxylic acids is 2. The van der Waals surface area contributed by atoms with Gasteiger partial charge in [0.05, 0.1) is 11.1 Å². The van der Waals surface area contributed by atoms with E-state index in [1.54, 1.807) is 0 Å². The van der Waals surface area contributed by atoms with E-state index in [0.717, 1.165) is 0 Å². The number of amides is 2. The molecule has 0 bridgehead atoms. The van der Waals surface area contributed by atoms with Crippen LogP contribution in [0.25, 0.3) is 0 Å². The van der Waals surface area contributed by atoms with Gasteiger partial charge in [0, 0.05) is 11.1 Å². The van der Waals surface area contributed by atoms with E-state index in [4.69, 9.17) is 10.2 Å². The molecule has 0 aliphatic rings. The van der Waals surface area contributed by atoms with Crippen LogP contribution >= 0.6 is 0 Å². The Hall–Kier alpha value is -3.68. The van der Waals surface area contributed by atoms with Gasteiger partial charge in [0.25, 0.3) is 11.8 Å². The van der Waals surface area contributed by atoms with Gasteiger partial charge in [0.2, 0.25) is 0 Å². The number of rotatable bonds is 4. The van der Waals surface area contributed by atoms with Gasteiger partial charge in [-0.15, -0.1) is 0 Å². The van der Waals surface area contributed by atoms with Crippen molar-refractivity contribution in [3.05, 3.63) is 70.8 Å². The number of hydrogen-bond acceptors (Lipinski definition) is 4. The minimum Gasteiger partial charge on any atom is -0.478 e. The lowest BCUT2D eigenvalue weighted by Crippen LogP contribution is -2.41. The summed E-state index contributed by atoms with van der Waals surface area (Å²) >= 11 is 0. The Morgan fingerprint density at radius 3 is 1.04 bits per heavy atom. The quantitative estimate of drug-likeness (QED) is 0.622. The Morgan fingerprint density at radius 2 is 0.792 bits per heavy atom. The van der Waals surface area contributed by atoms with Gasteiger partial charge in [-0.1, -0.05) is 0 Å². The maximum absolute atomic E-state index is 11.9. The van der Waals surface area contributed by atoms with Crippen molar-refractivity contribution in [2.45, 2.75) is 0 Å². The van der Waals surface area contributed by atoms with Crippen molar-refractivity contribution in [3.8, 4) is 0 Å². The number of carboxylic acid groups (broad SMARTS) is 2. The molecule has 0 spiro atoms. The first-order valence-corrected chi connectivity index (χ1v) is 6.66. The highest BCUT2D eigenvalue weighted by Crippen LogP contribution is 2.05. The summed E-state index contributed by atoms with van der Waals surface area (Å²) in [5.41, 5.74) is 4.77. The third-order valence-corrected chi connectivity index (χ3v) is 3.08. The van der Waals surface area contributed by atoms with Crippen molar-refractivity contribution < 1.29 is 29.4 Å². The molecule has 0 aliphatic carbocycles. The number of nitrogens with one attached hydrogen (secondary N) is 2. The van der Waals surface area contributed by atoms with Crippen molar-refractivity contribution in [2.75, 3.05) is 0 Å². The molecule has 0 radical (unpaired) electrons. The van der Waals surface area contributed by atoms with Crippen LogP contribution in [0.1, 0.15) is 41.4 Å². The second-order valence-corrected chi connectivity index (χ2v) is 4.67. The van der Waals surface area contributed by atoms with Crippen LogP contribution in [0, 0.1) is 0 Å². The van der Waals surface area contributed by atoms with Gasteiger partial charge in [0.1, 0.15) is 0 Å². The molecular formula is C16H12N2O6. The highest BCUT2D eigenvalue weighted by atomic mass is 16.4. The van der Waals surface area contributed by atoms with E-state index in [9.17, 15) is 19.2 Å². The van der Waals surface area contributed by atoms with E-state index in [0.29, 0.717) is 0 Å². The summed E-state index contributed by atoms with van der Waals surface area (Å²) in [5.74, 6) is -3.47. The van der Waals surface area contributed by atoms with Crippen LogP contribution in [0.5, 0.6) is 0 Å². The van der Waals surface area contributed by atoms with Gasteiger partial charge in [-0.2, -0.15) is 0 Å². The topological polar surface area (TPSA) is 133 Å². The fraction of sp³-hybridized carbons (Fsp3) is 0. The normalized spacial score (nSPS) is 9.83. The monoisotopic (exact) mass is 328 g/mol. The van der Waals surface area contributed by atoms with Gasteiger partial charge in [-0.3, -0.25) is 20.4 Å². The molecule has 2 aromatic rings. The lowest BCUT2D eigenvalue weighted by Gasteiger charge is -2.08. The summed E-state index contributed by atoms with van der Waals surface area (Å²) in [4.78, 5) is 45.2. The molecule has 4 N–H and O–H groups in total. The summed E-state index contributed by atoms with van der Waals surface area (Å²) in [6.07, 6.45) is 0. The highest BCUT2D eigenvalue weighted by Gasteiger charge is 2.11. The van der Waals surface area contributed by atoms with Crippen LogP contribution in [-0.4, -0.2) is 34.0 Å². The second kappa shape index (κ2) is 7.05. The van der Waals surface area contributed by atoms with Crippen LogP contribution in [0.2, 0.25) is 0 Å². The molecule has 2 rings (SSSR count). The molecule has 2 amide bonds. The predicted molar refractivity (Wildman–Crippen MR) is 81.7 cm³/mol. The van der Waals surface area contributed by atoms with Crippen molar-refractivity contribution in [3.63, 3.8) is 0 Å². The predicted octanol–water partition coefficient (Wildman–Crippen LogP) is 1.16. The number of hydrazine groups is 1. The lowest BCUT2D eigenvalue weighted by atomic mass is 10.1. The van der Waals surface area contributed by atoms with Crippen LogP contribution in [-0.2, 0) is 0 Å². The summed E-state index contributed by atoms with van der Waals surface area (Å²) in [5, 5.41) is 17.6. The molecule has 0 atom stereocenters. The summed E-state index contributed by atoms with van der Waals surface area (Å²) in [7, 11) is 0. The van der Waals surface area contributed by atoms with Crippen LogP contribution < -0.4 is 10.9 Å². The van der Waals surface area contributed by atoms with Crippen LogP contribution in [0.15, 0.2) is 48.5 Å². The zero-order chi connectivity index (χ0) is 17.7. The summed E-state index contributed by atoms with van der Waals surface area (Å²) in [6, 6.07) is 10.3. The molecule has 0 aromatic heterocycles. The number of carboxylic acids is 2. The Bertz CT molecular complexity index is 727. The maximum atomic E-state index is 11.9. The number of benzene rings is 2. The molecule has 0 aliphatic heterocycles. The van der Waals surface area contributed by atoms with Crippen molar-refractivity contribution in [2.24, 2.45) is 0 Å². The standard InChI is InChI=1S/C16H12N2O6/c19-13(9-1-5-11(6-2-9)15(21)22)17-18-14(20)10-3-7-12(8-4-10)16(23)24/h1-8H,(H,17,19)(H,18,20)(H,21,22)(H,23,24). The molecule has 24 heavy (non-hydrogen) atoms. The minimum atomic E-state index is -1.11. The SMILES string of the molecule is O=C(O)c1ccc(C(=O)NNC(=O)c2ccc(C(=O)O)cc2)cc1. The van der Waals surface area contributed by atoms with Gasteiger partial charge >= 0.3 is 11.9 Å². The molecule has 2 aromatic carbocycles. The Labute approximate surface area is 135 Å². The average Bonchev–Trinajstić information content (AvgIpc) is 2.59. The smallest absolute Gasteiger partial charge is 0.335 e. The second-order valence-electron chi connectivity index (χ2n) is 4.67. The van der Waals surface area contributed by atoms with Gasteiger partial charge in [-0.25, -0.2) is 9.59 Å². The molecule has 122 valence electrons. The van der Waals surface area contributed by atoms with Crippen LogP contribution in [0.3, 0.4) is 0 Å². The molecule has 0 saturated carbocycles. The minimum absolute atomic E-state index is 0.0362. The maximum Gasteiger partial charge on any atom is 0.335 e. The molecule has 0 heterocycles. The first-order chi connectivity index (χ1) is 11.4. The number of carbonyl (C=O) groups is 4. The van der Waals surface area contributed by atoms with Gasteiger partial charge in [0.15, 0.2) is 0 Å². The number of aromatic carboxylic acids is 2. The van der Waals surface area contributed by atoms with Crippen molar-refractivity contribution in [1.29, 1.82) is 0 Å². The van der Waals surface area contributed by atoms with Crippen LogP contribution in [0.4, 0.5) is 0 Å². The lowest BCUT2D eigenvalue weighted by molar-refractivity contribution is 0.0686. The average molecular weight is 328 g/mol. The van der Waals surface area contributed by atoms with Gasteiger partial charge in [-0.05, 0) is 48.5 Å². The molecule has 0 unspecified atom stereocenters. The number of hydrogen-bond donors (Lipinski definition) is 4. The van der Waals surface area contributed by atoms with E-state index < -0.39 is 23.8 Å². The molecule has 0 saturated heterocycles. The largest absolute Gasteiger partial charge is 0.478 e. The summed E-state index contributed by atoms with van der Waals surface area (Å²) < 4.78 is 0. The highest BCUT2D eigenvalue weighted by molar-refractivity contribution is 6.00.